The van der Waals surface area contributed by atoms with E-state index < -0.39 is 0 Å². The molecule has 1 aliphatic carbocycles. The summed E-state index contributed by atoms with van der Waals surface area (Å²) in [7, 11) is 0. The molecule has 0 heteroatoms. The first-order valence-corrected chi connectivity index (χ1v) is 9.61. The van der Waals surface area contributed by atoms with Crippen LogP contribution in [0.4, 0.5) is 0 Å². The second-order valence-corrected chi connectivity index (χ2v) is 7.01. The molecule has 0 aromatic heterocycles. The summed E-state index contributed by atoms with van der Waals surface area (Å²) in [5, 5.41) is 0. The van der Waals surface area contributed by atoms with Crippen LogP contribution in [0.1, 0.15) is 91.4 Å². The standard InChI is InChI=1S/C21H38/c1-4-6-8-10-12-13-15-20-18-17-19(3)21(20)16-14-11-9-7-5-2/h11,13-15,19-21H,4-10,12,16-18H2,1-3H3/b14-11+,15-13+. The third-order valence-corrected chi connectivity index (χ3v) is 5.14. The number of rotatable bonds is 11. The minimum Gasteiger partial charge on any atom is -0.0885 e. The van der Waals surface area contributed by atoms with E-state index in [0.29, 0.717) is 0 Å². The van der Waals surface area contributed by atoms with Gasteiger partial charge >= 0.3 is 0 Å². The van der Waals surface area contributed by atoms with Gasteiger partial charge in [-0.1, -0.05) is 77.2 Å². The normalized spacial score (nSPS) is 26.3. The Morgan fingerprint density at radius 3 is 2.33 bits per heavy atom. The lowest BCUT2D eigenvalue weighted by atomic mass is 9.87. The van der Waals surface area contributed by atoms with Crippen molar-refractivity contribution >= 4 is 0 Å². The fourth-order valence-electron chi connectivity index (χ4n) is 3.60. The third-order valence-electron chi connectivity index (χ3n) is 5.14. The van der Waals surface area contributed by atoms with Crippen LogP contribution in [0.15, 0.2) is 24.3 Å². The molecule has 1 saturated carbocycles. The Morgan fingerprint density at radius 1 is 0.810 bits per heavy atom. The number of allylic oxidation sites excluding steroid dienone is 4. The number of hydrogen-bond donors (Lipinski definition) is 0. The van der Waals surface area contributed by atoms with Crippen LogP contribution in [0.25, 0.3) is 0 Å². The Labute approximate surface area is 134 Å². The van der Waals surface area contributed by atoms with Crippen LogP contribution in [0, 0.1) is 17.8 Å². The average molecular weight is 291 g/mol. The van der Waals surface area contributed by atoms with Crippen molar-refractivity contribution < 1.29 is 0 Å². The van der Waals surface area contributed by atoms with E-state index in [9.17, 15) is 0 Å². The predicted molar refractivity (Wildman–Crippen MR) is 96.6 cm³/mol. The first-order valence-electron chi connectivity index (χ1n) is 9.61. The Morgan fingerprint density at radius 2 is 1.57 bits per heavy atom. The Bertz CT molecular complexity index is 286. The van der Waals surface area contributed by atoms with Gasteiger partial charge in [0.2, 0.25) is 0 Å². The zero-order valence-electron chi connectivity index (χ0n) is 14.8. The Kier molecular flexibility index (Phi) is 10.6. The summed E-state index contributed by atoms with van der Waals surface area (Å²) in [5.74, 6) is 2.66. The van der Waals surface area contributed by atoms with Crippen LogP contribution in [0.3, 0.4) is 0 Å². The second kappa shape index (κ2) is 12.1. The van der Waals surface area contributed by atoms with E-state index in [1.165, 1.54) is 70.6 Å². The fraction of sp³-hybridized carbons (Fsp3) is 0.810. The van der Waals surface area contributed by atoms with Crippen molar-refractivity contribution in [3.63, 3.8) is 0 Å². The van der Waals surface area contributed by atoms with Crippen LogP contribution < -0.4 is 0 Å². The van der Waals surface area contributed by atoms with Gasteiger partial charge in [-0.3, -0.25) is 0 Å². The molecule has 0 nitrogen and oxygen atoms in total. The van der Waals surface area contributed by atoms with Crippen molar-refractivity contribution in [3.8, 4) is 0 Å². The first-order chi connectivity index (χ1) is 10.3. The Hall–Kier alpha value is -0.520. The summed E-state index contributed by atoms with van der Waals surface area (Å²) in [5.41, 5.74) is 0. The number of unbranched alkanes of at least 4 members (excludes halogenated alkanes) is 6. The molecule has 122 valence electrons. The molecule has 21 heavy (non-hydrogen) atoms. The van der Waals surface area contributed by atoms with E-state index >= 15 is 0 Å². The second-order valence-electron chi connectivity index (χ2n) is 7.01. The summed E-state index contributed by atoms with van der Waals surface area (Å²) in [6.07, 6.45) is 24.8. The maximum Gasteiger partial charge on any atom is -0.0200 e. The van der Waals surface area contributed by atoms with Gasteiger partial charge in [-0.15, -0.1) is 0 Å². The molecule has 0 radical (unpaired) electrons. The summed E-state index contributed by atoms with van der Waals surface area (Å²) in [6.45, 7) is 7.02. The largest absolute Gasteiger partial charge is 0.0885 e. The summed E-state index contributed by atoms with van der Waals surface area (Å²) < 4.78 is 0. The lowest BCUT2D eigenvalue weighted by Crippen LogP contribution is -2.10. The van der Waals surface area contributed by atoms with Crippen LogP contribution >= 0.6 is 0 Å². The van der Waals surface area contributed by atoms with Crippen molar-refractivity contribution in [1.82, 2.24) is 0 Å². The summed E-state index contributed by atoms with van der Waals surface area (Å²) in [6, 6.07) is 0. The van der Waals surface area contributed by atoms with Crippen LogP contribution in [-0.4, -0.2) is 0 Å². The van der Waals surface area contributed by atoms with Crippen LogP contribution in [-0.2, 0) is 0 Å². The van der Waals surface area contributed by atoms with Gasteiger partial charge in [0.25, 0.3) is 0 Å². The SMILES string of the molecule is CCCC/C=C/CC1C(C)CCC1/C=C/CCCCCC. The zero-order chi connectivity index (χ0) is 15.3. The highest BCUT2D eigenvalue weighted by atomic mass is 14.3. The van der Waals surface area contributed by atoms with E-state index in [1.807, 2.05) is 0 Å². The molecule has 0 aromatic rings. The molecule has 0 saturated heterocycles. The molecular weight excluding hydrogens is 252 g/mol. The summed E-state index contributed by atoms with van der Waals surface area (Å²) in [4.78, 5) is 0. The van der Waals surface area contributed by atoms with E-state index in [0.717, 1.165) is 17.8 Å². The molecule has 3 unspecified atom stereocenters. The van der Waals surface area contributed by atoms with Gasteiger partial charge in [0.1, 0.15) is 0 Å². The number of hydrogen-bond acceptors (Lipinski definition) is 0. The lowest BCUT2D eigenvalue weighted by molar-refractivity contribution is 0.373. The maximum atomic E-state index is 2.56. The van der Waals surface area contributed by atoms with Gasteiger partial charge < -0.3 is 0 Å². The molecule has 0 spiro atoms. The quantitative estimate of drug-likeness (QED) is 0.276. The highest BCUT2D eigenvalue weighted by Crippen LogP contribution is 2.40. The van der Waals surface area contributed by atoms with Gasteiger partial charge in [-0.25, -0.2) is 0 Å². The van der Waals surface area contributed by atoms with Gasteiger partial charge in [0.05, 0.1) is 0 Å². The van der Waals surface area contributed by atoms with Crippen LogP contribution in [0.2, 0.25) is 0 Å². The van der Waals surface area contributed by atoms with E-state index in [1.54, 1.807) is 0 Å². The van der Waals surface area contributed by atoms with Gasteiger partial charge in [0, 0.05) is 0 Å². The minimum atomic E-state index is 0.849. The molecule has 1 rings (SSSR count). The molecular formula is C21H38. The smallest absolute Gasteiger partial charge is 0.0200 e. The Balaban J connectivity index is 2.27. The molecule has 1 fully saturated rings. The lowest BCUT2D eigenvalue weighted by Gasteiger charge is -2.18. The van der Waals surface area contributed by atoms with E-state index in [-0.39, 0.29) is 0 Å². The van der Waals surface area contributed by atoms with Crippen molar-refractivity contribution in [1.29, 1.82) is 0 Å². The van der Waals surface area contributed by atoms with Crippen molar-refractivity contribution in [3.05, 3.63) is 24.3 Å². The molecule has 3 atom stereocenters. The fourth-order valence-corrected chi connectivity index (χ4v) is 3.60. The molecule has 0 amide bonds. The molecule has 1 aliphatic rings. The van der Waals surface area contributed by atoms with E-state index in [4.69, 9.17) is 0 Å². The van der Waals surface area contributed by atoms with Gasteiger partial charge in [-0.2, -0.15) is 0 Å². The molecule has 0 bridgehead atoms. The highest BCUT2D eigenvalue weighted by Gasteiger charge is 2.30. The topological polar surface area (TPSA) is 0 Å². The van der Waals surface area contributed by atoms with Crippen LogP contribution in [0.5, 0.6) is 0 Å². The minimum absolute atomic E-state index is 0.849. The molecule has 0 N–H and O–H groups in total. The third kappa shape index (κ3) is 7.88. The first kappa shape index (κ1) is 18.5. The van der Waals surface area contributed by atoms with Gasteiger partial charge in [-0.05, 0) is 56.3 Å². The average Bonchev–Trinajstić information content (AvgIpc) is 2.83. The molecule has 0 aromatic carbocycles. The monoisotopic (exact) mass is 290 g/mol. The van der Waals surface area contributed by atoms with Gasteiger partial charge in [0.15, 0.2) is 0 Å². The van der Waals surface area contributed by atoms with Crippen molar-refractivity contribution in [2.45, 2.75) is 91.4 Å². The van der Waals surface area contributed by atoms with Crippen molar-refractivity contribution in [2.75, 3.05) is 0 Å². The molecule has 0 aliphatic heterocycles. The van der Waals surface area contributed by atoms with Crippen molar-refractivity contribution in [2.24, 2.45) is 17.8 Å². The van der Waals surface area contributed by atoms with E-state index in [2.05, 4.69) is 45.1 Å². The highest BCUT2D eigenvalue weighted by molar-refractivity contribution is 4.99. The maximum absolute atomic E-state index is 2.56. The summed E-state index contributed by atoms with van der Waals surface area (Å²) >= 11 is 0. The predicted octanol–water partition coefficient (Wildman–Crippen LogP) is 7.31. The zero-order valence-corrected chi connectivity index (χ0v) is 14.8. The molecule has 0 heterocycles.